The molecule has 0 fully saturated rings. The molecule has 0 bridgehead atoms. The van der Waals surface area contributed by atoms with Crippen molar-refractivity contribution in [3.8, 4) is 11.5 Å². The molecule has 0 amide bonds. The Hall–Kier alpha value is -4.27. The Bertz CT molecular complexity index is 1680. The maximum absolute atomic E-state index is 12.1. The van der Waals surface area contributed by atoms with Crippen LogP contribution in [0.5, 0.6) is 11.5 Å². The van der Waals surface area contributed by atoms with Crippen LogP contribution in [0.15, 0.2) is 109 Å². The van der Waals surface area contributed by atoms with Gasteiger partial charge in [0.1, 0.15) is 11.5 Å². The number of fused-ring (bicyclic) bond motifs is 1. The molecule has 0 aliphatic rings. The summed E-state index contributed by atoms with van der Waals surface area (Å²) in [6, 6.07) is 31.8. The van der Waals surface area contributed by atoms with E-state index in [0.29, 0.717) is 53.7 Å². The molecule has 2 N–H and O–H groups in total. The van der Waals surface area contributed by atoms with Crippen molar-refractivity contribution in [2.45, 2.75) is 32.0 Å². The number of aliphatic hydroxyl groups is 2. The fourth-order valence-corrected chi connectivity index (χ4v) is 5.35. The maximum atomic E-state index is 12.1. The van der Waals surface area contributed by atoms with Gasteiger partial charge in [0.05, 0.1) is 30.4 Å². The quantitative estimate of drug-likeness (QED) is 0.139. The summed E-state index contributed by atoms with van der Waals surface area (Å²) in [6.45, 7) is 2.89. The monoisotopic (exact) mass is 610 g/mol. The molecule has 4 aromatic carbocycles. The summed E-state index contributed by atoms with van der Waals surface area (Å²) in [5.41, 5.74) is 3.91. The third-order valence-corrected chi connectivity index (χ3v) is 7.67. The Balaban J connectivity index is 1.31. The van der Waals surface area contributed by atoms with Gasteiger partial charge in [-0.15, -0.1) is 0 Å². The molecule has 2 atom stereocenters. The molecule has 5 aromatic rings. The Morgan fingerprint density at radius 1 is 0.932 bits per heavy atom. The average molecular weight is 611 g/mol. The molecule has 0 saturated carbocycles. The molecule has 0 aliphatic heterocycles. The van der Waals surface area contributed by atoms with Gasteiger partial charge in [-0.05, 0) is 78.6 Å². The van der Waals surface area contributed by atoms with Crippen LogP contribution >= 0.6 is 11.6 Å². The molecule has 5 rings (SSSR count). The van der Waals surface area contributed by atoms with Crippen LogP contribution in [-0.4, -0.2) is 51.9 Å². The largest absolute Gasteiger partial charge is 0.462 e. The van der Waals surface area contributed by atoms with Crippen molar-refractivity contribution >= 4 is 28.5 Å². The van der Waals surface area contributed by atoms with E-state index in [-0.39, 0.29) is 18.6 Å². The molecule has 1 aromatic heterocycles. The number of carbonyl (C=O) groups excluding carboxylic acids is 1. The highest BCUT2D eigenvalue weighted by molar-refractivity contribution is 6.30. The van der Waals surface area contributed by atoms with Crippen LogP contribution < -0.4 is 4.74 Å². The first-order valence-corrected chi connectivity index (χ1v) is 15.0. The smallest absolute Gasteiger partial charge is 0.338 e. The molecule has 0 spiro atoms. The number of halogens is 1. The van der Waals surface area contributed by atoms with E-state index in [9.17, 15) is 15.0 Å². The first-order valence-electron chi connectivity index (χ1n) is 14.6. The van der Waals surface area contributed by atoms with Gasteiger partial charge in [0.15, 0.2) is 0 Å². The van der Waals surface area contributed by atoms with Gasteiger partial charge in [0, 0.05) is 35.7 Å². The van der Waals surface area contributed by atoms with Crippen molar-refractivity contribution in [2.24, 2.45) is 0 Å². The van der Waals surface area contributed by atoms with E-state index >= 15 is 0 Å². The van der Waals surface area contributed by atoms with Gasteiger partial charge in [-0.2, -0.15) is 0 Å². The minimum Gasteiger partial charge on any atom is -0.462 e. The molecule has 7 nitrogen and oxygen atoms in total. The van der Waals surface area contributed by atoms with Crippen molar-refractivity contribution in [1.29, 1.82) is 0 Å². The lowest BCUT2D eigenvalue weighted by molar-refractivity contribution is 0.0526. The first-order chi connectivity index (χ1) is 21.4. The van der Waals surface area contributed by atoms with Crippen LogP contribution in [0.25, 0.3) is 10.9 Å². The minimum atomic E-state index is -0.772. The lowest BCUT2D eigenvalue weighted by atomic mass is 10.0. The molecule has 226 valence electrons. The molecule has 0 aliphatic carbocycles. The van der Waals surface area contributed by atoms with Crippen molar-refractivity contribution in [2.75, 3.05) is 19.8 Å². The number of aliphatic hydroxyl groups excluding tert-OH is 2. The van der Waals surface area contributed by atoms with Crippen molar-refractivity contribution in [3.63, 3.8) is 0 Å². The number of carbonyl (C=O) groups is 1. The van der Waals surface area contributed by atoms with Gasteiger partial charge in [-0.1, -0.05) is 66.2 Å². The summed E-state index contributed by atoms with van der Waals surface area (Å²) < 4.78 is 11.3. The average Bonchev–Trinajstić information content (AvgIpc) is 3.04. The second kappa shape index (κ2) is 14.9. The molecule has 0 radical (unpaired) electrons. The van der Waals surface area contributed by atoms with Crippen molar-refractivity contribution < 1.29 is 24.5 Å². The van der Waals surface area contributed by atoms with Crippen LogP contribution in [0.4, 0.5) is 0 Å². The Morgan fingerprint density at radius 3 is 2.45 bits per heavy atom. The molecule has 0 unspecified atom stereocenters. The Kier molecular flexibility index (Phi) is 10.6. The van der Waals surface area contributed by atoms with E-state index in [4.69, 9.17) is 21.1 Å². The summed E-state index contributed by atoms with van der Waals surface area (Å²) >= 11 is 6.18. The van der Waals surface area contributed by atoms with Gasteiger partial charge in [-0.3, -0.25) is 9.88 Å². The number of nitrogens with zero attached hydrogens (tertiary/aromatic N) is 2. The highest BCUT2D eigenvalue weighted by Crippen LogP contribution is 2.30. The summed E-state index contributed by atoms with van der Waals surface area (Å²) in [6.07, 6.45) is 1.44. The first kappa shape index (κ1) is 31.2. The lowest BCUT2D eigenvalue weighted by Gasteiger charge is -2.32. The number of rotatable bonds is 13. The zero-order valence-electron chi connectivity index (χ0n) is 24.5. The van der Waals surface area contributed by atoms with E-state index in [1.165, 1.54) is 0 Å². The van der Waals surface area contributed by atoms with E-state index < -0.39 is 6.10 Å². The Morgan fingerprint density at radius 2 is 1.73 bits per heavy atom. The van der Waals surface area contributed by atoms with E-state index in [0.717, 1.165) is 22.1 Å². The number of hydrogen-bond acceptors (Lipinski definition) is 7. The molecular formula is C36H35ClN2O5. The van der Waals surface area contributed by atoms with Gasteiger partial charge in [-0.25, -0.2) is 4.79 Å². The molecule has 8 heteroatoms. The molecule has 0 saturated heterocycles. The maximum Gasteiger partial charge on any atom is 0.338 e. The highest BCUT2D eigenvalue weighted by Gasteiger charge is 2.23. The van der Waals surface area contributed by atoms with Gasteiger partial charge in [0.2, 0.25) is 0 Å². The summed E-state index contributed by atoms with van der Waals surface area (Å²) in [7, 11) is 0. The van der Waals surface area contributed by atoms with Gasteiger partial charge >= 0.3 is 5.97 Å². The molecule has 44 heavy (non-hydrogen) atoms. The second-order valence-electron chi connectivity index (χ2n) is 10.5. The van der Waals surface area contributed by atoms with E-state index in [2.05, 4.69) is 9.88 Å². The summed E-state index contributed by atoms with van der Waals surface area (Å²) in [4.78, 5) is 18.6. The normalized spacial score (nSPS) is 12.7. The van der Waals surface area contributed by atoms with E-state index in [1.54, 1.807) is 43.5 Å². The standard InChI is InChI=1S/C36H35ClN2O5/c1-2-43-36(42)28-13-16-32-33(21-28)38-18-17-35(32)44-31-14-11-25(12-15-31)19-30(24-40)39(22-26-7-4-3-5-8-26)23-34(41)27-9-6-10-29(37)20-27/h3-18,20-21,30,34,40-41H,2,19,22-24H2,1H3/t30-,34+/m0/s1. The number of ether oxygens (including phenoxy) is 2. The zero-order valence-corrected chi connectivity index (χ0v) is 25.2. The predicted octanol–water partition coefficient (Wildman–Crippen LogP) is 7.00. The fraction of sp³-hybridized carbons (Fsp3) is 0.222. The van der Waals surface area contributed by atoms with Crippen molar-refractivity contribution in [3.05, 3.63) is 137 Å². The third kappa shape index (κ3) is 8.01. The topological polar surface area (TPSA) is 92.1 Å². The number of benzene rings is 4. The van der Waals surface area contributed by atoms with Crippen LogP contribution in [0.2, 0.25) is 5.02 Å². The fourth-order valence-electron chi connectivity index (χ4n) is 5.16. The van der Waals surface area contributed by atoms with Crippen LogP contribution in [0.1, 0.15) is 40.1 Å². The Labute approximate surface area is 262 Å². The van der Waals surface area contributed by atoms with Crippen LogP contribution in [0.3, 0.4) is 0 Å². The SMILES string of the molecule is CCOC(=O)c1ccc2c(Oc3ccc(C[C@@H](CO)N(Cc4ccccc4)C[C@@H](O)c4cccc(Cl)c4)cc3)ccnc2c1. The number of esters is 1. The van der Waals surface area contributed by atoms with Gasteiger partial charge < -0.3 is 19.7 Å². The lowest BCUT2D eigenvalue weighted by Crippen LogP contribution is -2.41. The summed E-state index contributed by atoms with van der Waals surface area (Å²) in [5, 5.41) is 22.9. The second-order valence-corrected chi connectivity index (χ2v) is 11.0. The van der Waals surface area contributed by atoms with Crippen LogP contribution in [-0.2, 0) is 17.7 Å². The van der Waals surface area contributed by atoms with Crippen LogP contribution in [0, 0.1) is 0 Å². The third-order valence-electron chi connectivity index (χ3n) is 7.43. The molecule has 1 heterocycles. The minimum absolute atomic E-state index is 0.0792. The number of hydrogen-bond donors (Lipinski definition) is 2. The predicted molar refractivity (Wildman–Crippen MR) is 172 cm³/mol. The number of aromatic nitrogens is 1. The highest BCUT2D eigenvalue weighted by atomic mass is 35.5. The van der Waals surface area contributed by atoms with Crippen molar-refractivity contribution in [1.82, 2.24) is 9.88 Å². The zero-order chi connectivity index (χ0) is 30.9. The summed E-state index contributed by atoms with van der Waals surface area (Å²) in [5.74, 6) is 0.879. The molecular weight excluding hydrogens is 576 g/mol. The van der Waals surface area contributed by atoms with Gasteiger partial charge in [0.25, 0.3) is 0 Å². The number of pyridine rings is 1. The van der Waals surface area contributed by atoms with E-state index in [1.807, 2.05) is 72.8 Å².